The van der Waals surface area contributed by atoms with Crippen molar-refractivity contribution in [2.24, 2.45) is 0 Å². The normalized spacial score (nSPS) is 10.0. The van der Waals surface area contributed by atoms with Gasteiger partial charge in [0.1, 0.15) is 12.4 Å². The van der Waals surface area contributed by atoms with Gasteiger partial charge in [0.05, 0.1) is 0 Å². The molecule has 0 aliphatic heterocycles. The molecule has 0 heterocycles. The molecule has 0 bridgehead atoms. The second kappa shape index (κ2) is 4.27. The maximum atomic E-state index is 10.8. The Morgan fingerprint density at radius 1 is 1.21 bits per heavy atom. The van der Waals surface area contributed by atoms with Crippen molar-refractivity contribution >= 4 is 5.78 Å². The summed E-state index contributed by atoms with van der Waals surface area (Å²) in [5.41, 5.74) is 3.39. The van der Waals surface area contributed by atoms with E-state index >= 15 is 0 Å². The molecule has 14 heavy (non-hydrogen) atoms. The molecular weight excluding hydrogens is 176 g/mol. The van der Waals surface area contributed by atoms with Crippen LogP contribution in [0.4, 0.5) is 0 Å². The molecule has 0 radical (unpaired) electrons. The molecule has 0 saturated carbocycles. The molecule has 0 atom stereocenters. The Hall–Kier alpha value is -1.31. The molecule has 2 nitrogen and oxygen atoms in total. The van der Waals surface area contributed by atoms with Crippen molar-refractivity contribution in [3.05, 3.63) is 28.8 Å². The van der Waals surface area contributed by atoms with Crippen molar-refractivity contribution in [1.82, 2.24) is 0 Å². The molecule has 0 aromatic heterocycles. The molecule has 0 spiro atoms. The second-order valence-corrected chi connectivity index (χ2v) is 3.72. The maximum absolute atomic E-state index is 10.8. The zero-order valence-electron chi connectivity index (χ0n) is 9.18. The largest absolute Gasteiger partial charge is 0.485 e. The SMILES string of the molecule is CC(=O)COc1c(C)cc(C)cc1C. The molecule has 1 rings (SSSR count). The van der Waals surface area contributed by atoms with Gasteiger partial charge in [0.15, 0.2) is 5.78 Å². The topological polar surface area (TPSA) is 26.3 Å². The van der Waals surface area contributed by atoms with Crippen molar-refractivity contribution in [1.29, 1.82) is 0 Å². The van der Waals surface area contributed by atoms with Gasteiger partial charge < -0.3 is 4.74 Å². The predicted octanol–water partition coefficient (Wildman–Crippen LogP) is 2.58. The average molecular weight is 192 g/mol. The predicted molar refractivity (Wildman–Crippen MR) is 56.8 cm³/mol. The number of carbonyl (C=O) groups excluding carboxylic acids is 1. The molecule has 0 saturated heterocycles. The Kier molecular flexibility index (Phi) is 3.28. The molecule has 0 aliphatic rings. The van der Waals surface area contributed by atoms with Gasteiger partial charge in [-0.25, -0.2) is 0 Å². The second-order valence-electron chi connectivity index (χ2n) is 3.72. The molecule has 76 valence electrons. The fourth-order valence-electron chi connectivity index (χ4n) is 1.57. The van der Waals surface area contributed by atoms with E-state index in [2.05, 4.69) is 19.1 Å². The van der Waals surface area contributed by atoms with Crippen LogP contribution >= 0.6 is 0 Å². The van der Waals surface area contributed by atoms with E-state index in [0.29, 0.717) is 0 Å². The summed E-state index contributed by atoms with van der Waals surface area (Å²) in [7, 11) is 0. The van der Waals surface area contributed by atoms with Gasteiger partial charge in [-0.15, -0.1) is 0 Å². The third-order valence-electron chi connectivity index (χ3n) is 2.02. The first kappa shape index (κ1) is 10.8. The lowest BCUT2D eigenvalue weighted by Crippen LogP contribution is -2.08. The summed E-state index contributed by atoms with van der Waals surface area (Å²) in [5.74, 6) is 0.884. The number of aryl methyl sites for hydroxylation is 3. The van der Waals surface area contributed by atoms with Gasteiger partial charge >= 0.3 is 0 Å². The summed E-state index contributed by atoms with van der Waals surface area (Å²) in [6.07, 6.45) is 0. The monoisotopic (exact) mass is 192 g/mol. The van der Waals surface area contributed by atoms with E-state index in [1.54, 1.807) is 0 Å². The van der Waals surface area contributed by atoms with Gasteiger partial charge in [-0.2, -0.15) is 0 Å². The Morgan fingerprint density at radius 3 is 2.14 bits per heavy atom. The molecule has 1 aromatic rings. The van der Waals surface area contributed by atoms with Crippen LogP contribution in [-0.4, -0.2) is 12.4 Å². The summed E-state index contributed by atoms with van der Waals surface area (Å²) >= 11 is 0. The van der Waals surface area contributed by atoms with Gasteiger partial charge in [0.25, 0.3) is 0 Å². The van der Waals surface area contributed by atoms with E-state index < -0.39 is 0 Å². The van der Waals surface area contributed by atoms with E-state index in [4.69, 9.17) is 4.74 Å². The van der Waals surface area contributed by atoms with Crippen LogP contribution in [0.15, 0.2) is 12.1 Å². The number of ether oxygens (including phenoxy) is 1. The molecule has 0 amide bonds. The number of ketones is 1. The van der Waals surface area contributed by atoms with Crippen LogP contribution in [0.1, 0.15) is 23.6 Å². The van der Waals surface area contributed by atoms with Crippen molar-refractivity contribution in [3.63, 3.8) is 0 Å². The zero-order valence-corrected chi connectivity index (χ0v) is 9.18. The van der Waals surface area contributed by atoms with Crippen LogP contribution in [0.5, 0.6) is 5.75 Å². The van der Waals surface area contributed by atoms with Gasteiger partial charge in [-0.05, 0) is 38.8 Å². The zero-order chi connectivity index (χ0) is 10.7. The first-order valence-corrected chi connectivity index (χ1v) is 4.71. The molecule has 2 heteroatoms. The third-order valence-corrected chi connectivity index (χ3v) is 2.02. The average Bonchev–Trinajstić information content (AvgIpc) is 2.01. The van der Waals surface area contributed by atoms with Gasteiger partial charge in [0.2, 0.25) is 0 Å². The van der Waals surface area contributed by atoms with Crippen molar-refractivity contribution in [2.75, 3.05) is 6.61 Å². The summed E-state index contributed by atoms with van der Waals surface area (Å²) < 4.78 is 5.43. The Labute approximate surface area is 84.9 Å². The highest BCUT2D eigenvalue weighted by atomic mass is 16.5. The fourth-order valence-corrected chi connectivity index (χ4v) is 1.57. The third kappa shape index (κ3) is 2.59. The van der Waals surface area contributed by atoms with E-state index in [1.807, 2.05) is 13.8 Å². The quantitative estimate of drug-likeness (QED) is 0.735. The number of hydrogen-bond donors (Lipinski definition) is 0. The molecular formula is C12H16O2. The van der Waals surface area contributed by atoms with Crippen LogP contribution < -0.4 is 4.74 Å². The molecule has 1 aromatic carbocycles. The lowest BCUT2D eigenvalue weighted by atomic mass is 10.1. The van der Waals surface area contributed by atoms with E-state index in [0.717, 1.165) is 16.9 Å². The summed E-state index contributed by atoms with van der Waals surface area (Å²) in [4.78, 5) is 10.8. The first-order chi connectivity index (χ1) is 6.50. The van der Waals surface area contributed by atoms with E-state index in [9.17, 15) is 4.79 Å². The van der Waals surface area contributed by atoms with Crippen molar-refractivity contribution in [3.8, 4) is 5.75 Å². The lowest BCUT2D eigenvalue weighted by molar-refractivity contribution is -0.118. The highest BCUT2D eigenvalue weighted by molar-refractivity contribution is 5.77. The van der Waals surface area contributed by atoms with E-state index in [-0.39, 0.29) is 12.4 Å². The molecule has 0 N–H and O–H groups in total. The minimum atomic E-state index is 0.0457. The minimum Gasteiger partial charge on any atom is -0.485 e. The Balaban J connectivity index is 2.91. The van der Waals surface area contributed by atoms with Gasteiger partial charge in [0, 0.05) is 0 Å². The minimum absolute atomic E-state index is 0.0457. The molecule has 0 unspecified atom stereocenters. The maximum Gasteiger partial charge on any atom is 0.167 e. The van der Waals surface area contributed by atoms with Gasteiger partial charge in [-0.1, -0.05) is 17.7 Å². The molecule has 0 fully saturated rings. The summed E-state index contributed by atoms with van der Waals surface area (Å²) in [6.45, 7) is 7.73. The Morgan fingerprint density at radius 2 is 1.71 bits per heavy atom. The smallest absolute Gasteiger partial charge is 0.167 e. The van der Waals surface area contributed by atoms with Crippen molar-refractivity contribution < 1.29 is 9.53 Å². The fraction of sp³-hybridized carbons (Fsp3) is 0.417. The van der Waals surface area contributed by atoms with Crippen molar-refractivity contribution in [2.45, 2.75) is 27.7 Å². The summed E-state index contributed by atoms with van der Waals surface area (Å²) in [6, 6.07) is 4.12. The highest BCUT2D eigenvalue weighted by Crippen LogP contribution is 2.24. The van der Waals surface area contributed by atoms with Crippen LogP contribution in [0.25, 0.3) is 0 Å². The van der Waals surface area contributed by atoms with Crippen LogP contribution in [0.3, 0.4) is 0 Å². The number of benzene rings is 1. The summed E-state index contributed by atoms with van der Waals surface area (Å²) in [5, 5.41) is 0. The number of carbonyl (C=O) groups is 1. The Bertz CT molecular complexity index is 330. The number of rotatable bonds is 3. The number of hydrogen-bond acceptors (Lipinski definition) is 2. The van der Waals surface area contributed by atoms with Crippen LogP contribution in [0, 0.1) is 20.8 Å². The van der Waals surface area contributed by atoms with Gasteiger partial charge in [-0.3, -0.25) is 4.79 Å². The highest BCUT2D eigenvalue weighted by Gasteiger charge is 2.05. The van der Waals surface area contributed by atoms with Crippen LogP contribution in [-0.2, 0) is 4.79 Å². The number of Topliss-reactive ketones (excluding diaryl/α,β-unsaturated/α-hetero) is 1. The standard InChI is InChI=1S/C12H16O2/c1-8-5-9(2)12(10(3)6-8)14-7-11(4)13/h5-6H,7H2,1-4H3. The molecule has 0 aliphatic carbocycles. The van der Waals surface area contributed by atoms with E-state index in [1.165, 1.54) is 12.5 Å². The first-order valence-electron chi connectivity index (χ1n) is 4.71. The lowest BCUT2D eigenvalue weighted by Gasteiger charge is -2.11. The van der Waals surface area contributed by atoms with Crippen LogP contribution in [0.2, 0.25) is 0 Å².